The molecule has 77 valence electrons. The van der Waals surface area contributed by atoms with Gasteiger partial charge in [0, 0.05) is 12.0 Å². The summed E-state index contributed by atoms with van der Waals surface area (Å²) in [6.07, 6.45) is 2.26. The third kappa shape index (κ3) is 2.16. The zero-order valence-electron chi connectivity index (χ0n) is 8.14. The molecule has 1 unspecified atom stereocenters. The van der Waals surface area contributed by atoms with Gasteiger partial charge in [-0.3, -0.25) is 9.78 Å². The predicted molar refractivity (Wildman–Crippen MR) is 56.2 cm³/mol. The average Bonchev–Trinajstić information content (AvgIpc) is 2.26. The molecule has 0 saturated carbocycles. The van der Waals surface area contributed by atoms with Crippen LogP contribution in [-0.2, 0) is 15.9 Å². The van der Waals surface area contributed by atoms with Crippen LogP contribution >= 0.6 is 0 Å². The summed E-state index contributed by atoms with van der Waals surface area (Å²) in [6, 6.07) is 3.62. The van der Waals surface area contributed by atoms with Crippen molar-refractivity contribution in [1.29, 1.82) is 0 Å². The van der Waals surface area contributed by atoms with Crippen molar-refractivity contribution in [1.82, 2.24) is 4.98 Å². The lowest BCUT2D eigenvalue weighted by Crippen LogP contribution is -2.31. The second-order valence-electron chi connectivity index (χ2n) is 3.27. The van der Waals surface area contributed by atoms with E-state index in [1.54, 1.807) is 12.3 Å². The highest BCUT2D eigenvalue weighted by atomic mass is 16.4. The zero-order chi connectivity index (χ0) is 10.7. The van der Waals surface area contributed by atoms with Gasteiger partial charge in [0.2, 0.25) is 5.91 Å². The predicted octanol–water partition coefficient (Wildman–Crippen LogP) is -0.0833. The maximum absolute atomic E-state index is 11.6. The van der Waals surface area contributed by atoms with Crippen molar-refractivity contribution in [3.63, 3.8) is 0 Å². The minimum Gasteiger partial charge on any atom is -0.428 e. The van der Waals surface area contributed by atoms with Crippen molar-refractivity contribution in [2.75, 3.05) is 12.0 Å². The van der Waals surface area contributed by atoms with Gasteiger partial charge in [0.1, 0.15) is 0 Å². The Morgan fingerprint density at radius 2 is 2.60 bits per heavy atom. The molecular formula is C9H11BN3O2. The van der Waals surface area contributed by atoms with E-state index in [-0.39, 0.29) is 18.5 Å². The Bertz CT molecular complexity index is 372. The Labute approximate surface area is 88.3 Å². The first-order valence-electron chi connectivity index (χ1n) is 4.71. The van der Waals surface area contributed by atoms with E-state index in [1.165, 1.54) is 7.48 Å². The first-order chi connectivity index (χ1) is 7.31. The molecule has 0 aromatic carbocycles. The first kappa shape index (κ1) is 10.1. The van der Waals surface area contributed by atoms with Crippen LogP contribution in [0.4, 0.5) is 5.69 Å². The second-order valence-corrected chi connectivity index (χ2v) is 3.27. The van der Waals surface area contributed by atoms with Gasteiger partial charge in [-0.2, -0.15) is 0 Å². The molecule has 0 spiro atoms. The van der Waals surface area contributed by atoms with Crippen LogP contribution in [-0.4, -0.2) is 25.1 Å². The van der Waals surface area contributed by atoms with Gasteiger partial charge in [0.25, 0.3) is 0 Å². The summed E-state index contributed by atoms with van der Waals surface area (Å²) in [5, 5.41) is 2.77. The fraction of sp³-hybridized carbons (Fsp3) is 0.333. The van der Waals surface area contributed by atoms with Crippen LogP contribution in [0.1, 0.15) is 5.69 Å². The molecule has 0 bridgehead atoms. The van der Waals surface area contributed by atoms with E-state index < -0.39 is 0 Å². The summed E-state index contributed by atoms with van der Waals surface area (Å²) in [7, 11) is 1.47. The summed E-state index contributed by atoms with van der Waals surface area (Å²) < 4.78 is 4.92. The smallest absolute Gasteiger partial charge is 0.307 e. The number of nitrogens with zero attached hydrogens (tertiary/aromatic N) is 1. The molecule has 1 radical (unpaired) electrons. The molecule has 1 atom stereocenters. The number of amides is 1. The second kappa shape index (κ2) is 4.42. The lowest BCUT2D eigenvalue weighted by atomic mass is 9.74. The molecule has 2 rings (SSSR count). The summed E-state index contributed by atoms with van der Waals surface area (Å²) in [4.78, 5) is 15.8. The molecule has 1 aromatic heterocycles. The van der Waals surface area contributed by atoms with Gasteiger partial charge >= 0.3 is 7.48 Å². The molecule has 0 saturated heterocycles. The van der Waals surface area contributed by atoms with Crippen molar-refractivity contribution in [3.8, 4) is 0 Å². The molecule has 15 heavy (non-hydrogen) atoms. The number of carbonyl (C=O) groups excluding carboxylic acids is 1. The largest absolute Gasteiger partial charge is 0.428 e. The number of pyridine rings is 1. The molecule has 2 heterocycles. The minimum atomic E-state index is -0.309. The van der Waals surface area contributed by atoms with Crippen LogP contribution in [0.2, 0.25) is 5.82 Å². The van der Waals surface area contributed by atoms with Crippen molar-refractivity contribution in [3.05, 3.63) is 24.0 Å². The van der Waals surface area contributed by atoms with Gasteiger partial charge in [-0.05, 0) is 18.6 Å². The average molecular weight is 204 g/mol. The van der Waals surface area contributed by atoms with Crippen molar-refractivity contribution >= 4 is 19.1 Å². The molecule has 6 heteroatoms. The molecule has 1 aromatic rings. The molecule has 1 amide bonds. The Kier molecular flexibility index (Phi) is 2.98. The monoisotopic (exact) mass is 204 g/mol. The van der Waals surface area contributed by atoms with Crippen molar-refractivity contribution < 1.29 is 9.45 Å². The van der Waals surface area contributed by atoms with E-state index in [0.717, 1.165) is 11.4 Å². The number of hydrogen-bond acceptors (Lipinski definition) is 4. The number of aromatic nitrogens is 1. The standard InChI is InChI=1S/C9H11BN3O2/c11-5-15-10-6-4-8-7(13-9(6)14)2-1-3-12-8/h1-3,6H,4-5,11H2,(H,13,14). The molecule has 0 aliphatic carbocycles. The van der Waals surface area contributed by atoms with E-state index in [1.807, 2.05) is 6.07 Å². The Hall–Kier alpha value is -1.40. The highest BCUT2D eigenvalue weighted by Crippen LogP contribution is 2.25. The van der Waals surface area contributed by atoms with Gasteiger partial charge in [-0.25, -0.2) is 0 Å². The Morgan fingerprint density at radius 1 is 1.73 bits per heavy atom. The number of nitrogens with two attached hydrogens (primary N) is 1. The van der Waals surface area contributed by atoms with Crippen LogP contribution < -0.4 is 11.1 Å². The van der Waals surface area contributed by atoms with Gasteiger partial charge < -0.3 is 15.7 Å². The molecule has 0 fully saturated rings. The number of fused-ring (bicyclic) bond motifs is 1. The molecule has 5 nitrogen and oxygen atoms in total. The van der Waals surface area contributed by atoms with Crippen molar-refractivity contribution in [2.24, 2.45) is 5.73 Å². The van der Waals surface area contributed by atoms with E-state index >= 15 is 0 Å². The normalized spacial score (nSPS) is 19.3. The van der Waals surface area contributed by atoms with E-state index in [0.29, 0.717) is 6.42 Å². The lowest BCUT2D eigenvalue weighted by Gasteiger charge is -2.22. The maximum Gasteiger partial charge on any atom is 0.307 e. The maximum atomic E-state index is 11.6. The minimum absolute atomic E-state index is 0.0797. The van der Waals surface area contributed by atoms with Gasteiger partial charge in [0.15, 0.2) is 0 Å². The van der Waals surface area contributed by atoms with Gasteiger partial charge in [-0.1, -0.05) is 0 Å². The summed E-state index contributed by atoms with van der Waals surface area (Å²) in [6.45, 7) is 0.0822. The van der Waals surface area contributed by atoms with Crippen molar-refractivity contribution in [2.45, 2.75) is 12.2 Å². The molecular weight excluding hydrogens is 193 g/mol. The molecule has 3 N–H and O–H groups in total. The number of carbonyl (C=O) groups is 1. The summed E-state index contributed by atoms with van der Waals surface area (Å²) >= 11 is 0. The molecule has 1 aliphatic heterocycles. The van der Waals surface area contributed by atoms with Crippen LogP contribution in [0, 0.1) is 0 Å². The third-order valence-electron chi connectivity index (χ3n) is 2.25. The highest BCUT2D eigenvalue weighted by molar-refractivity contribution is 6.39. The fourth-order valence-corrected chi connectivity index (χ4v) is 1.52. The zero-order valence-corrected chi connectivity index (χ0v) is 8.14. The van der Waals surface area contributed by atoms with Crippen LogP contribution in [0.3, 0.4) is 0 Å². The quantitative estimate of drug-likeness (QED) is 0.533. The molecule has 1 aliphatic rings. The van der Waals surface area contributed by atoms with E-state index in [2.05, 4.69) is 10.3 Å². The first-order valence-corrected chi connectivity index (χ1v) is 4.71. The number of rotatable bonds is 3. The summed E-state index contributed by atoms with van der Waals surface area (Å²) in [5.41, 5.74) is 6.84. The lowest BCUT2D eigenvalue weighted by molar-refractivity contribution is -0.116. The Balaban J connectivity index is 2.11. The Morgan fingerprint density at radius 3 is 3.40 bits per heavy atom. The SMILES string of the molecule is NCO[B]C1Cc2ncccc2NC1=O. The van der Waals surface area contributed by atoms with E-state index in [4.69, 9.17) is 10.4 Å². The third-order valence-corrected chi connectivity index (χ3v) is 2.25. The number of nitrogens with one attached hydrogen (secondary N) is 1. The van der Waals surface area contributed by atoms with Crippen LogP contribution in [0.5, 0.6) is 0 Å². The topological polar surface area (TPSA) is 77.2 Å². The van der Waals surface area contributed by atoms with Crippen LogP contribution in [0.25, 0.3) is 0 Å². The van der Waals surface area contributed by atoms with E-state index in [9.17, 15) is 4.79 Å². The number of anilines is 1. The van der Waals surface area contributed by atoms with Gasteiger partial charge in [0.05, 0.1) is 18.1 Å². The van der Waals surface area contributed by atoms with Crippen LogP contribution in [0.15, 0.2) is 18.3 Å². The van der Waals surface area contributed by atoms with Gasteiger partial charge in [-0.15, -0.1) is 0 Å². The highest BCUT2D eigenvalue weighted by Gasteiger charge is 2.28. The number of hydrogen-bond donors (Lipinski definition) is 2. The fourth-order valence-electron chi connectivity index (χ4n) is 1.52. The summed E-state index contributed by atoms with van der Waals surface area (Å²) in [5.74, 6) is -0.389.